The third-order valence-corrected chi connectivity index (χ3v) is 6.83. The molecule has 0 aliphatic carbocycles. The Labute approximate surface area is 196 Å². The Bertz CT molecular complexity index is 1060. The van der Waals surface area contributed by atoms with E-state index < -0.39 is 0 Å². The molecule has 2 saturated heterocycles. The quantitative estimate of drug-likeness (QED) is 0.528. The first-order valence-corrected chi connectivity index (χ1v) is 12.0. The summed E-state index contributed by atoms with van der Waals surface area (Å²) in [5.74, 6) is 1.17. The molecular formula is C28H31N3O2. The van der Waals surface area contributed by atoms with E-state index in [0.717, 1.165) is 43.8 Å². The van der Waals surface area contributed by atoms with Crippen LogP contribution in [0.5, 0.6) is 5.75 Å². The minimum atomic E-state index is 0.295. The summed E-state index contributed by atoms with van der Waals surface area (Å²) in [6.45, 7) is 3.09. The monoisotopic (exact) mass is 441 g/mol. The second-order valence-electron chi connectivity index (χ2n) is 9.05. The summed E-state index contributed by atoms with van der Waals surface area (Å²) in [5.41, 5.74) is 3.38. The van der Waals surface area contributed by atoms with Gasteiger partial charge in [-0.1, -0.05) is 48.5 Å². The van der Waals surface area contributed by atoms with Gasteiger partial charge in [0.05, 0.1) is 5.69 Å². The maximum Gasteiger partial charge on any atom is 0.223 e. The molecule has 0 unspecified atom stereocenters. The highest BCUT2D eigenvalue weighted by Crippen LogP contribution is 2.33. The molecule has 2 fully saturated rings. The first kappa shape index (κ1) is 21.7. The van der Waals surface area contributed by atoms with Crippen LogP contribution in [-0.4, -0.2) is 39.3 Å². The zero-order valence-electron chi connectivity index (χ0n) is 19.0. The second-order valence-corrected chi connectivity index (χ2v) is 9.05. The van der Waals surface area contributed by atoms with Crippen molar-refractivity contribution in [3.8, 4) is 5.75 Å². The summed E-state index contributed by atoms with van der Waals surface area (Å²) in [6, 6.07) is 25.3. The topological polar surface area (TPSA) is 45.7 Å². The molecule has 33 heavy (non-hydrogen) atoms. The highest BCUT2D eigenvalue weighted by molar-refractivity contribution is 5.77. The smallest absolute Gasteiger partial charge is 0.223 e. The molecule has 3 heterocycles. The van der Waals surface area contributed by atoms with E-state index in [1.807, 2.05) is 30.3 Å². The lowest BCUT2D eigenvalue weighted by atomic mass is 10.0. The molecule has 2 aliphatic rings. The van der Waals surface area contributed by atoms with E-state index in [0.29, 0.717) is 37.6 Å². The van der Waals surface area contributed by atoms with Gasteiger partial charge in [-0.25, -0.2) is 0 Å². The van der Waals surface area contributed by atoms with Crippen LogP contribution in [0.25, 0.3) is 0 Å². The number of carbonyl (C=O) groups is 1. The van der Waals surface area contributed by atoms with Gasteiger partial charge < -0.3 is 9.64 Å². The number of ether oxygens (including phenoxy) is 1. The lowest BCUT2D eigenvalue weighted by molar-refractivity contribution is -0.133. The Morgan fingerprint density at radius 1 is 0.879 bits per heavy atom. The Hall–Kier alpha value is -3.18. The van der Waals surface area contributed by atoms with Crippen LogP contribution >= 0.6 is 0 Å². The molecular weight excluding hydrogens is 410 g/mol. The number of amides is 1. The number of rotatable bonds is 7. The van der Waals surface area contributed by atoms with Crippen LogP contribution in [-0.2, 0) is 24.5 Å². The number of benzene rings is 2. The number of pyridine rings is 1. The van der Waals surface area contributed by atoms with Gasteiger partial charge in [0.15, 0.2) is 0 Å². The van der Waals surface area contributed by atoms with Crippen LogP contribution in [0.2, 0.25) is 0 Å². The van der Waals surface area contributed by atoms with Crippen molar-refractivity contribution >= 4 is 5.91 Å². The van der Waals surface area contributed by atoms with Gasteiger partial charge in [-0.05, 0) is 54.7 Å². The zero-order valence-corrected chi connectivity index (χ0v) is 19.0. The van der Waals surface area contributed by atoms with Crippen molar-refractivity contribution in [1.29, 1.82) is 0 Å². The molecule has 0 radical (unpaired) electrons. The van der Waals surface area contributed by atoms with Crippen molar-refractivity contribution in [3.63, 3.8) is 0 Å². The van der Waals surface area contributed by atoms with E-state index in [-0.39, 0.29) is 0 Å². The van der Waals surface area contributed by atoms with E-state index in [2.05, 4.69) is 57.2 Å². The fourth-order valence-corrected chi connectivity index (χ4v) is 5.22. The highest BCUT2D eigenvalue weighted by atomic mass is 16.5. The van der Waals surface area contributed by atoms with E-state index in [1.54, 1.807) is 6.20 Å². The van der Waals surface area contributed by atoms with Crippen LogP contribution in [0.15, 0.2) is 79.0 Å². The predicted molar refractivity (Wildman–Crippen MR) is 128 cm³/mol. The van der Waals surface area contributed by atoms with E-state index in [1.165, 1.54) is 11.1 Å². The molecule has 5 heteroatoms. The molecule has 170 valence electrons. The number of nitrogens with zero attached hydrogens (tertiary/aromatic N) is 3. The lowest BCUT2D eigenvalue weighted by Gasteiger charge is -2.33. The van der Waals surface area contributed by atoms with Gasteiger partial charge in [-0.3, -0.25) is 14.7 Å². The van der Waals surface area contributed by atoms with Crippen LogP contribution in [0, 0.1) is 0 Å². The third kappa shape index (κ3) is 5.25. The number of fused-ring (bicyclic) bond motifs is 1. The minimum absolute atomic E-state index is 0.295. The maximum atomic E-state index is 12.9. The molecule has 2 aliphatic heterocycles. The average molecular weight is 442 g/mol. The van der Waals surface area contributed by atoms with Crippen LogP contribution < -0.4 is 4.74 Å². The predicted octanol–water partition coefficient (Wildman–Crippen LogP) is 4.82. The summed E-state index contributed by atoms with van der Waals surface area (Å²) < 4.78 is 5.99. The van der Waals surface area contributed by atoms with E-state index in [9.17, 15) is 4.79 Å². The van der Waals surface area contributed by atoms with Crippen LogP contribution in [0.3, 0.4) is 0 Å². The molecule has 5 rings (SSSR count). The van der Waals surface area contributed by atoms with Crippen molar-refractivity contribution < 1.29 is 9.53 Å². The Morgan fingerprint density at radius 2 is 1.73 bits per heavy atom. The first-order chi connectivity index (χ1) is 16.3. The van der Waals surface area contributed by atoms with Crippen molar-refractivity contribution in [2.24, 2.45) is 0 Å². The number of aromatic nitrogens is 1. The molecule has 1 aromatic heterocycles. The largest absolute Gasteiger partial charge is 0.487 e. The molecule has 2 aromatic carbocycles. The summed E-state index contributed by atoms with van der Waals surface area (Å²) in [5, 5.41) is 0. The molecule has 0 spiro atoms. The van der Waals surface area contributed by atoms with Crippen molar-refractivity contribution in [3.05, 3.63) is 95.8 Å². The highest BCUT2D eigenvalue weighted by Gasteiger charge is 2.41. The van der Waals surface area contributed by atoms with Gasteiger partial charge in [0, 0.05) is 44.3 Å². The summed E-state index contributed by atoms with van der Waals surface area (Å²) >= 11 is 0. The zero-order chi connectivity index (χ0) is 22.5. The maximum absolute atomic E-state index is 12.9. The van der Waals surface area contributed by atoms with E-state index >= 15 is 0 Å². The molecule has 3 aromatic rings. The summed E-state index contributed by atoms with van der Waals surface area (Å²) in [7, 11) is 0. The molecule has 0 bridgehead atoms. The second kappa shape index (κ2) is 10.2. The number of carbonyl (C=O) groups excluding carboxylic acids is 1. The Balaban J connectivity index is 1.26. The van der Waals surface area contributed by atoms with Crippen molar-refractivity contribution in [1.82, 2.24) is 14.8 Å². The molecule has 0 saturated carbocycles. The van der Waals surface area contributed by atoms with E-state index in [4.69, 9.17) is 4.74 Å². The molecule has 0 N–H and O–H groups in total. The summed E-state index contributed by atoms with van der Waals surface area (Å²) in [6.07, 6.45) is 5.54. The molecule has 5 nitrogen and oxygen atoms in total. The van der Waals surface area contributed by atoms with Crippen LogP contribution in [0.4, 0.5) is 0 Å². The van der Waals surface area contributed by atoms with Gasteiger partial charge in [0.2, 0.25) is 5.91 Å². The SMILES string of the molecule is O=C1CCC[C@@H]2[C@@H](CCN2Cc2cccc(OCc3ccccn3)c2)N1Cc1ccccc1. The fourth-order valence-electron chi connectivity index (χ4n) is 5.22. The van der Waals surface area contributed by atoms with Crippen LogP contribution in [0.1, 0.15) is 42.5 Å². The lowest BCUT2D eigenvalue weighted by Crippen LogP contribution is -2.45. The van der Waals surface area contributed by atoms with Gasteiger partial charge in [-0.2, -0.15) is 0 Å². The molecule has 1 amide bonds. The Kier molecular flexibility index (Phi) is 6.68. The third-order valence-electron chi connectivity index (χ3n) is 6.83. The number of likely N-dealkylation sites (tertiary alicyclic amines) is 2. The fraction of sp³-hybridized carbons (Fsp3) is 0.357. The van der Waals surface area contributed by atoms with Gasteiger partial charge >= 0.3 is 0 Å². The molecule has 2 atom stereocenters. The van der Waals surface area contributed by atoms with Gasteiger partial charge in [0.1, 0.15) is 12.4 Å². The first-order valence-electron chi connectivity index (χ1n) is 12.0. The number of hydrogen-bond acceptors (Lipinski definition) is 4. The average Bonchev–Trinajstić information content (AvgIpc) is 3.17. The minimum Gasteiger partial charge on any atom is -0.487 e. The Morgan fingerprint density at radius 3 is 2.58 bits per heavy atom. The normalized spacial score (nSPS) is 21.0. The standard InChI is InChI=1S/C28H31N3O2/c32-28-14-7-13-26-27(31(28)20-22-8-2-1-3-9-22)15-17-30(26)19-23-10-6-12-25(18-23)33-21-24-11-4-5-16-29-24/h1-6,8-12,16,18,26-27H,7,13-15,17,19-21H2/t26-,27-/m1/s1. The van der Waals surface area contributed by atoms with Crippen molar-refractivity contribution in [2.75, 3.05) is 6.54 Å². The van der Waals surface area contributed by atoms with Crippen molar-refractivity contribution in [2.45, 2.75) is 57.5 Å². The number of hydrogen-bond donors (Lipinski definition) is 0. The summed E-state index contributed by atoms with van der Waals surface area (Å²) in [4.78, 5) is 22.0. The van der Waals surface area contributed by atoms with Gasteiger partial charge in [-0.15, -0.1) is 0 Å². The van der Waals surface area contributed by atoms with Gasteiger partial charge in [0.25, 0.3) is 0 Å².